The Morgan fingerprint density at radius 2 is 2.00 bits per heavy atom. The van der Waals surface area contributed by atoms with Crippen molar-refractivity contribution in [3.8, 4) is 17.1 Å². The van der Waals surface area contributed by atoms with Gasteiger partial charge in [-0.2, -0.15) is 0 Å². The van der Waals surface area contributed by atoms with Gasteiger partial charge < -0.3 is 10.1 Å². The highest BCUT2D eigenvalue weighted by molar-refractivity contribution is 6.33. The maximum atomic E-state index is 6.33. The van der Waals surface area contributed by atoms with Gasteiger partial charge in [-0.15, -0.1) is 0 Å². The Morgan fingerprint density at radius 1 is 1.24 bits per heavy atom. The molecule has 0 spiro atoms. The average molecular weight is 306 g/mol. The van der Waals surface area contributed by atoms with E-state index < -0.39 is 0 Å². The lowest BCUT2D eigenvalue weighted by Gasteiger charge is -2.14. The number of ether oxygens (including phenoxy) is 1. The Labute approximate surface area is 130 Å². The first-order chi connectivity index (χ1) is 10.1. The number of nitrogens with one attached hydrogen (secondary N) is 1. The second-order valence-corrected chi connectivity index (χ2v) is 5.08. The summed E-state index contributed by atoms with van der Waals surface area (Å²) in [6.45, 7) is 6.96. The Balaban J connectivity index is 2.67. The highest BCUT2D eigenvalue weighted by atomic mass is 35.5. The van der Waals surface area contributed by atoms with E-state index in [0.717, 1.165) is 35.6 Å². The zero-order chi connectivity index (χ0) is 15.4. The van der Waals surface area contributed by atoms with Crippen LogP contribution in [0.25, 0.3) is 11.4 Å². The van der Waals surface area contributed by atoms with Crippen molar-refractivity contribution in [3.05, 3.63) is 34.5 Å². The zero-order valence-electron chi connectivity index (χ0n) is 12.8. The van der Waals surface area contributed by atoms with Crippen LogP contribution in [-0.2, 0) is 6.42 Å². The van der Waals surface area contributed by atoms with Gasteiger partial charge in [0.25, 0.3) is 0 Å². The first-order valence-corrected chi connectivity index (χ1v) is 7.44. The van der Waals surface area contributed by atoms with Crippen molar-refractivity contribution in [2.24, 2.45) is 0 Å². The van der Waals surface area contributed by atoms with Crippen LogP contribution in [0.5, 0.6) is 5.75 Å². The molecule has 0 saturated heterocycles. The van der Waals surface area contributed by atoms with Crippen molar-refractivity contribution in [1.82, 2.24) is 9.97 Å². The maximum Gasteiger partial charge on any atom is 0.167 e. The molecule has 0 atom stereocenters. The second-order valence-electron chi connectivity index (χ2n) is 4.67. The molecular formula is C16H20ClN3O. The predicted octanol–water partition coefficient (Wildman–Crippen LogP) is 4.11. The first kappa shape index (κ1) is 15.6. The molecule has 112 valence electrons. The summed E-state index contributed by atoms with van der Waals surface area (Å²) in [4.78, 5) is 9.28. The van der Waals surface area contributed by atoms with Gasteiger partial charge in [-0.05, 0) is 32.4 Å². The van der Waals surface area contributed by atoms with E-state index in [9.17, 15) is 0 Å². The molecule has 0 aliphatic carbocycles. The number of hydrogen-bond acceptors (Lipinski definition) is 4. The van der Waals surface area contributed by atoms with Crippen molar-refractivity contribution in [2.75, 3.05) is 19.0 Å². The molecule has 1 aromatic carbocycles. The number of rotatable bonds is 5. The summed E-state index contributed by atoms with van der Waals surface area (Å²) in [6, 6.07) is 5.54. The van der Waals surface area contributed by atoms with Gasteiger partial charge in [-0.25, -0.2) is 9.97 Å². The average Bonchev–Trinajstić information content (AvgIpc) is 2.49. The highest BCUT2D eigenvalue weighted by Gasteiger charge is 2.16. The van der Waals surface area contributed by atoms with Crippen molar-refractivity contribution in [2.45, 2.75) is 27.2 Å². The molecule has 2 rings (SSSR count). The fraction of sp³-hybridized carbons (Fsp3) is 0.375. The first-order valence-electron chi connectivity index (χ1n) is 7.06. The Hall–Kier alpha value is -1.81. The summed E-state index contributed by atoms with van der Waals surface area (Å²) < 4.78 is 5.40. The summed E-state index contributed by atoms with van der Waals surface area (Å²) in [7, 11) is 1.62. The van der Waals surface area contributed by atoms with Crippen LogP contribution in [0.3, 0.4) is 0 Å². The van der Waals surface area contributed by atoms with Crippen LogP contribution < -0.4 is 10.1 Å². The monoisotopic (exact) mass is 305 g/mol. The zero-order valence-corrected chi connectivity index (χ0v) is 13.6. The number of methoxy groups -OCH3 is 1. The van der Waals surface area contributed by atoms with Gasteiger partial charge in [0.2, 0.25) is 0 Å². The quantitative estimate of drug-likeness (QED) is 0.903. The normalized spacial score (nSPS) is 10.5. The molecular weight excluding hydrogens is 286 g/mol. The molecule has 2 aromatic rings. The van der Waals surface area contributed by atoms with Crippen LogP contribution in [0.1, 0.15) is 25.1 Å². The van der Waals surface area contributed by atoms with E-state index in [0.29, 0.717) is 16.6 Å². The lowest BCUT2D eigenvalue weighted by molar-refractivity contribution is 0.416. The number of hydrogen-bond donors (Lipinski definition) is 1. The number of aryl methyl sites for hydroxylation is 1. The predicted molar refractivity (Wildman–Crippen MR) is 87.3 cm³/mol. The Bertz CT molecular complexity index is 644. The minimum absolute atomic E-state index is 0.586. The molecule has 4 nitrogen and oxygen atoms in total. The summed E-state index contributed by atoms with van der Waals surface area (Å²) in [5.74, 6) is 2.12. The summed E-state index contributed by atoms with van der Waals surface area (Å²) in [5.41, 5.74) is 2.82. The van der Waals surface area contributed by atoms with Crippen molar-refractivity contribution in [3.63, 3.8) is 0 Å². The molecule has 0 saturated carbocycles. The lowest BCUT2D eigenvalue weighted by Crippen LogP contribution is -2.08. The van der Waals surface area contributed by atoms with E-state index in [-0.39, 0.29) is 0 Å². The molecule has 1 heterocycles. The van der Waals surface area contributed by atoms with Crippen LogP contribution >= 0.6 is 11.6 Å². The standard InChI is InChI=1S/C16H20ClN3O/c1-5-12-10(3)15(18-6-2)20-16(19-12)14-11(17)8-7-9-13(14)21-4/h7-9H,5-6H2,1-4H3,(H,18,19,20). The van der Waals surface area contributed by atoms with Gasteiger partial charge in [0.1, 0.15) is 11.6 Å². The van der Waals surface area contributed by atoms with E-state index in [4.69, 9.17) is 16.3 Å². The molecule has 1 aromatic heterocycles. The van der Waals surface area contributed by atoms with Gasteiger partial charge in [-0.1, -0.05) is 24.6 Å². The van der Waals surface area contributed by atoms with E-state index in [1.807, 2.05) is 32.0 Å². The van der Waals surface area contributed by atoms with Crippen molar-refractivity contribution in [1.29, 1.82) is 0 Å². The Kier molecular flexibility index (Phi) is 5.02. The lowest BCUT2D eigenvalue weighted by atomic mass is 10.1. The van der Waals surface area contributed by atoms with Crippen LogP contribution in [0.4, 0.5) is 5.82 Å². The molecule has 0 aliphatic rings. The van der Waals surface area contributed by atoms with Crippen molar-refractivity contribution >= 4 is 17.4 Å². The third kappa shape index (κ3) is 3.10. The molecule has 0 radical (unpaired) electrons. The highest BCUT2D eigenvalue weighted by Crippen LogP contribution is 2.35. The van der Waals surface area contributed by atoms with Gasteiger partial charge in [0, 0.05) is 17.8 Å². The fourth-order valence-corrected chi connectivity index (χ4v) is 2.50. The van der Waals surface area contributed by atoms with Gasteiger partial charge in [0.05, 0.1) is 17.7 Å². The van der Waals surface area contributed by atoms with Gasteiger partial charge in [-0.3, -0.25) is 0 Å². The Morgan fingerprint density at radius 3 is 2.62 bits per heavy atom. The molecule has 0 bridgehead atoms. The SMILES string of the molecule is CCNc1nc(-c2c(Cl)cccc2OC)nc(CC)c1C. The minimum atomic E-state index is 0.586. The molecule has 1 N–H and O–H groups in total. The number of halogens is 1. The van der Waals surface area contributed by atoms with Gasteiger partial charge in [0.15, 0.2) is 5.82 Å². The van der Waals surface area contributed by atoms with E-state index in [1.54, 1.807) is 7.11 Å². The smallest absolute Gasteiger partial charge is 0.167 e. The molecule has 0 aliphatic heterocycles. The summed E-state index contributed by atoms with van der Waals surface area (Å²) in [5, 5.41) is 3.87. The number of benzene rings is 1. The third-order valence-electron chi connectivity index (χ3n) is 3.34. The molecule has 0 unspecified atom stereocenters. The largest absolute Gasteiger partial charge is 0.496 e. The minimum Gasteiger partial charge on any atom is -0.496 e. The molecule has 0 fully saturated rings. The van der Waals surface area contributed by atoms with Crippen molar-refractivity contribution < 1.29 is 4.74 Å². The third-order valence-corrected chi connectivity index (χ3v) is 3.66. The number of anilines is 1. The molecule has 0 amide bonds. The summed E-state index contributed by atoms with van der Waals surface area (Å²) in [6.07, 6.45) is 0.840. The number of nitrogens with zero attached hydrogens (tertiary/aromatic N) is 2. The number of aromatic nitrogens is 2. The summed E-state index contributed by atoms with van der Waals surface area (Å²) >= 11 is 6.33. The topological polar surface area (TPSA) is 47.0 Å². The van der Waals surface area contributed by atoms with E-state index in [2.05, 4.69) is 22.2 Å². The fourth-order valence-electron chi connectivity index (χ4n) is 2.25. The van der Waals surface area contributed by atoms with Crippen LogP contribution in [0, 0.1) is 6.92 Å². The second kappa shape index (κ2) is 6.76. The van der Waals surface area contributed by atoms with Gasteiger partial charge >= 0.3 is 0 Å². The van der Waals surface area contributed by atoms with Crippen LogP contribution in [-0.4, -0.2) is 23.6 Å². The van der Waals surface area contributed by atoms with E-state index in [1.165, 1.54) is 0 Å². The van der Waals surface area contributed by atoms with Crippen LogP contribution in [0.2, 0.25) is 5.02 Å². The molecule has 5 heteroatoms. The van der Waals surface area contributed by atoms with E-state index >= 15 is 0 Å². The maximum absolute atomic E-state index is 6.33. The molecule has 21 heavy (non-hydrogen) atoms. The van der Waals surface area contributed by atoms with Crippen LogP contribution in [0.15, 0.2) is 18.2 Å².